The number of fused-ring (bicyclic) bond motifs is 1. The van der Waals surface area contributed by atoms with Crippen LogP contribution in [0.1, 0.15) is 50.8 Å². The van der Waals surface area contributed by atoms with Gasteiger partial charge < -0.3 is 4.90 Å². The summed E-state index contributed by atoms with van der Waals surface area (Å²) < 4.78 is 6.26. The molecule has 3 heteroatoms. The summed E-state index contributed by atoms with van der Waals surface area (Å²) in [5.74, 6) is 2.11. The highest BCUT2D eigenvalue weighted by Gasteiger charge is 2.30. The summed E-state index contributed by atoms with van der Waals surface area (Å²) in [6, 6.07) is 7.01. The molecule has 0 unspecified atom stereocenters. The van der Waals surface area contributed by atoms with Gasteiger partial charge >= 0.3 is 0 Å². The molecular weight excluding hydrogens is 288 g/mol. The van der Waals surface area contributed by atoms with Crippen molar-refractivity contribution in [1.29, 1.82) is 0 Å². The Morgan fingerprint density at radius 1 is 1.36 bits per heavy atom. The minimum Gasteiger partial charge on any atom is -0.306 e. The molecule has 1 fully saturated rings. The highest BCUT2D eigenvalue weighted by molar-refractivity contribution is 7.13. The van der Waals surface area contributed by atoms with Crippen molar-refractivity contribution in [2.24, 2.45) is 11.8 Å². The van der Waals surface area contributed by atoms with Crippen LogP contribution in [0.15, 0.2) is 18.2 Å². The monoisotopic (exact) mass is 316 g/mol. The first-order chi connectivity index (χ1) is 10.6. The number of piperidine rings is 1. The van der Waals surface area contributed by atoms with Gasteiger partial charge in [-0.1, -0.05) is 39.3 Å². The molecular formula is C19H28N2S. The molecule has 2 nitrogen and oxygen atoms in total. The molecule has 120 valence electrons. The molecule has 0 aliphatic carbocycles. The molecule has 0 bridgehead atoms. The normalized spacial score (nSPS) is 23.5. The fourth-order valence-corrected chi connectivity index (χ4v) is 4.76. The van der Waals surface area contributed by atoms with Gasteiger partial charge in [-0.05, 0) is 61.4 Å². The van der Waals surface area contributed by atoms with Crippen LogP contribution >= 0.6 is 11.5 Å². The van der Waals surface area contributed by atoms with Gasteiger partial charge in [0.15, 0.2) is 0 Å². The molecule has 1 aliphatic rings. The zero-order valence-electron chi connectivity index (χ0n) is 14.3. The second-order valence-electron chi connectivity index (χ2n) is 7.32. The van der Waals surface area contributed by atoms with E-state index in [4.69, 9.17) is 4.37 Å². The molecule has 22 heavy (non-hydrogen) atoms. The van der Waals surface area contributed by atoms with Crippen LogP contribution in [-0.2, 0) is 6.42 Å². The topological polar surface area (TPSA) is 16.1 Å². The standard InChI is InChI=1S/C19H28N2S/c1-5-15-12-21(4)9-8-16(15)19-17-7-6-14(10-13(2)3)11-18(17)22-20-19/h6-7,11,13,15-16H,5,8-10,12H2,1-4H3/t15-,16-/m1/s1. The number of aromatic nitrogens is 1. The van der Waals surface area contributed by atoms with Gasteiger partial charge in [-0.3, -0.25) is 0 Å². The lowest BCUT2D eigenvalue weighted by Gasteiger charge is -2.35. The Bertz CT molecular complexity index is 631. The maximum absolute atomic E-state index is 4.89. The molecule has 2 heterocycles. The van der Waals surface area contributed by atoms with E-state index in [0.29, 0.717) is 11.8 Å². The van der Waals surface area contributed by atoms with Crippen molar-refractivity contribution >= 4 is 21.6 Å². The highest BCUT2D eigenvalue weighted by Crippen LogP contribution is 2.39. The van der Waals surface area contributed by atoms with E-state index in [-0.39, 0.29) is 0 Å². The van der Waals surface area contributed by atoms with Crippen LogP contribution in [0.2, 0.25) is 0 Å². The lowest BCUT2D eigenvalue weighted by Crippen LogP contribution is -2.36. The summed E-state index contributed by atoms with van der Waals surface area (Å²) in [6.07, 6.45) is 3.66. The van der Waals surface area contributed by atoms with Crippen molar-refractivity contribution in [3.63, 3.8) is 0 Å². The first-order valence-corrected chi connectivity index (χ1v) is 9.42. The minimum atomic E-state index is 0.644. The smallest absolute Gasteiger partial charge is 0.0655 e. The molecule has 1 aromatic heterocycles. The van der Waals surface area contributed by atoms with Gasteiger partial charge in [0.05, 0.1) is 10.4 Å². The van der Waals surface area contributed by atoms with E-state index in [1.807, 2.05) is 0 Å². The first-order valence-electron chi connectivity index (χ1n) is 8.65. The molecule has 0 spiro atoms. The Morgan fingerprint density at radius 3 is 2.91 bits per heavy atom. The summed E-state index contributed by atoms with van der Waals surface area (Å²) in [6.45, 7) is 9.31. The van der Waals surface area contributed by atoms with Crippen LogP contribution in [0.25, 0.3) is 10.1 Å². The molecule has 0 radical (unpaired) electrons. The Labute approximate surface area is 138 Å². The Kier molecular flexibility index (Phi) is 4.84. The van der Waals surface area contributed by atoms with Gasteiger partial charge in [-0.2, -0.15) is 4.37 Å². The lowest BCUT2D eigenvalue weighted by molar-refractivity contribution is 0.179. The number of likely N-dealkylation sites (tertiary alicyclic amines) is 1. The van der Waals surface area contributed by atoms with Crippen molar-refractivity contribution in [2.75, 3.05) is 20.1 Å². The van der Waals surface area contributed by atoms with E-state index >= 15 is 0 Å². The quantitative estimate of drug-likeness (QED) is 0.794. The van der Waals surface area contributed by atoms with E-state index in [1.54, 1.807) is 11.5 Å². The maximum Gasteiger partial charge on any atom is 0.0655 e. The minimum absolute atomic E-state index is 0.644. The van der Waals surface area contributed by atoms with Crippen LogP contribution in [0.4, 0.5) is 0 Å². The third-order valence-electron chi connectivity index (χ3n) is 5.02. The molecule has 0 saturated carbocycles. The molecule has 0 amide bonds. The third kappa shape index (κ3) is 3.21. The van der Waals surface area contributed by atoms with E-state index in [9.17, 15) is 0 Å². The molecule has 3 rings (SSSR count). The van der Waals surface area contributed by atoms with Gasteiger partial charge in [0.25, 0.3) is 0 Å². The third-order valence-corrected chi connectivity index (χ3v) is 5.84. The highest BCUT2D eigenvalue weighted by atomic mass is 32.1. The molecule has 1 aromatic carbocycles. The van der Waals surface area contributed by atoms with Crippen LogP contribution in [0, 0.1) is 11.8 Å². The molecule has 1 saturated heterocycles. The fraction of sp³-hybridized carbons (Fsp3) is 0.632. The number of rotatable bonds is 4. The van der Waals surface area contributed by atoms with Crippen molar-refractivity contribution in [2.45, 2.75) is 46.0 Å². The summed E-state index contributed by atoms with van der Waals surface area (Å²) in [4.78, 5) is 2.47. The van der Waals surface area contributed by atoms with Crippen LogP contribution < -0.4 is 0 Å². The zero-order chi connectivity index (χ0) is 15.7. The maximum atomic E-state index is 4.89. The van der Waals surface area contributed by atoms with E-state index in [0.717, 1.165) is 12.3 Å². The molecule has 1 aliphatic heterocycles. The summed E-state index contributed by atoms with van der Waals surface area (Å²) in [5, 5.41) is 1.41. The molecule has 0 N–H and O–H groups in total. The average Bonchev–Trinajstić information content (AvgIpc) is 2.89. The number of nitrogens with zero attached hydrogens (tertiary/aromatic N) is 2. The number of hydrogen-bond acceptors (Lipinski definition) is 3. The van der Waals surface area contributed by atoms with Gasteiger partial charge in [-0.15, -0.1) is 0 Å². The molecule has 2 aromatic rings. The Morgan fingerprint density at radius 2 is 2.18 bits per heavy atom. The predicted octanol–water partition coefficient (Wildman–Crippen LogP) is 4.94. The summed E-state index contributed by atoms with van der Waals surface area (Å²) in [5.41, 5.74) is 2.82. The van der Waals surface area contributed by atoms with Crippen LogP contribution in [-0.4, -0.2) is 29.4 Å². The van der Waals surface area contributed by atoms with Crippen molar-refractivity contribution < 1.29 is 0 Å². The van der Waals surface area contributed by atoms with Gasteiger partial charge in [-0.25, -0.2) is 0 Å². The van der Waals surface area contributed by atoms with Crippen LogP contribution in [0.5, 0.6) is 0 Å². The zero-order valence-corrected chi connectivity index (χ0v) is 15.1. The van der Waals surface area contributed by atoms with Crippen LogP contribution in [0.3, 0.4) is 0 Å². The lowest BCUT2D eigenvalue weighted by atomic mass is 9.80. The van der Waals surface area contributed by atoms with Gasteiger partial charge in [0.2, 0.25) is 0 Å². The van der Waals surface area contributed by atoms with Gasteiger partial charge in [0, 0.05) is 17.8 Å². The fourth-order valence-electron chi connectivity index (χ4n) is 3.85. The summed E-state index contributed by atoms with van der Waals surface area (Å²) in [7, 11) is 2.25. The SMILES string of the molecule is CC[C@@H]1CN(C)CC[C@H]1c1nsc2cc(CC(C)C)ccc12. The van der Waals surface area contributed by atoms with E-state index in [2.05, 4.69) is 50.9 Å². The second-order valence-corrected chi connectivity index (χ2v) is 8.13. The largest absolute Gasteiger partial charge is 0.306 e. The first kappa shape index (κ1) is 15.9. The van der Waals surface area contributed by atoms with Crippen molar-refractivity contribution in [3.8, 4) is 0 Å². The van der Waals surface area contributed by atoms with Gasteiger partial charge in [0.1, 0.15) is 0 Å². The van der Waals surface area contributed by atoms with Crippen molar-refractivity contribution in [3.05, 3.63) is 29.5 Å². The summed E-state index contributed by atoms with van der Waals surface area (Å²) >= 11 is 1.70. The molecule has 2 atom stereocenters. The number of benzene rings is 1. The second kappa shape index (κ2) is 6.67. The number of hydrogen-bond donors (Lipinski definition) is 0. The van der Waals surface area contributed by atoms with E-state index < -0.39 is 0 Å². The van der Waals surface area contributed by atoms with Crippen molar-refractivity contribution in [1.82, 2.24) is 9.27 Å². The Balaban J connectivity index is 1.91. The Hall–Kier alpha value is -0.930. The van der Waals surface area contributed by atoms with E-state index in [1.165, 1.54) is 47.3 Å². The average molecular weight is 317 g/mol. The predicted molar refractivity (Wildman–Crippen MR) is 96.8 cm³/mol.